The highest BCUT2D eigenvalue weighted by atomic mass is 16.6. The zero-order valence-electron chi connectivity index (χ0n) is 15.4. The number of likely N-dealkylation sites (tertiary alicyclic amines) is 1. The highest BCUT2D eigenvalue weighted by Crippen LogP contribution is 2.33. The molecule has 0 aliphatic carbocycles. The van der Waals surface area contributed by atoms with Crippen LogP contribution in [-0.2, 0) is 4.74 Å². The van der Waals surface area contributed by atoms with E-state index in [9.17, 15) is 4.79 Å². The van der Waals surface area contributed by atoms with Gasteiger partial charge in [-0.2, -0.15) is 0 Å². The Balaban J connectivity index is 1.57. The van der Waals surface area contributed by atoms with Crippen LogP contribution in [0.5, 0.6) is 0 Å². The van der Waals surface area contributed by atoms with Crippen molar-refractivity contribution in [2.24, 2.45) is 0 Å². The van der Waals surface area contributed by atoms with Crippen molar-refractivity contribution < 1.29 is 9.53 Å². The van der Waals surface area contributed by atoms with Crippen LogP contribution in [-0.4, -0.2) is 38.1 Å². The van der Waals surface area contributed by atoms with E-state index in [0.717, 1.165) is 40.8 Å². The van der Waals surface area contributed by atoms with Gasteiger partial charge >= 0.3 is 6.09 Å². The van der Waals surface area contributed by atoms with Crippen molar-refractivity contribution in [3.8, 4) is 11.3 Å². The Kier molecular flexibility index (Phi) is 3.98. The smallest absolute Gasteiger partial charge is 0.410 e. The van der Waals surface area contributed by atoms with E-state index >= 15 is 0 Å². The summed E-state index contributed by atoms with van der Waals surface area (Å²) in [4.78, 5) is 25.4. The molecule has 1 aliphatic heterocycles. The molecule has 1 fully saturated rings. The molecular weight excluding hydrogens is 328 g/mol. The van der Waals surface area contributed by atoms with Crippen LogP contribution >= 0.6 is 0 Å². The molecule has 26 heavy (non-hydrogen) atoms. The van der Waals surface area contributed by atoms with Crippen LogP contribution in [0.2, 0.25) is 0 Å². The predicted octanol–water partition coefficient (Wildman–Crippen LogP) is 4.63. The highest BCUT2D eigenvalue weighted by molar-refractivity contribution is 5.84. The predicted molar refractivity (Wildman–Crippen MR) is 101 cm³/mol. The second-order valence-corrected chi connectivity index (χ2v) is 7.79. The molecule has 4 rings (SSSR count). The number of nitrogens with one attached hydrogen (secondary N) is 2. The largest absolute Gasteiger partial charge is 0.444 e. The number of amides is 1. The molecule has 3 heterocycles. The molecule has 1 unspecified atom stereocenters. The quantitative estimate of drug-likeness (QED) is 0.706. The maximum absolute atomic E-state index is 12.5. The summed E-state index contributed by atoms with van der Waals surface area (Å²) in [6, 6.07) is 8.25. The summed E-state index contributed by atoms with van der Waals surface area (Å²) in [6.45, 7) is 6.36. The number of H-pyrrole nitrogens is 2. The maximum atomic E-state index is 12.5. The van der Waals surface area contributed by atoms with Crippen molar-refractivity contribution in [2.45, 2.75) is 45.3 Å². The number of aromatic amines is 2. The van der Waals surface area contributed by atoms with Crippen LogP contribution in [0.25, 0.3) is 22.2 Å². The van der Waals surface area contributed by atoms with Crippen LogP contribution in [0.3, 0.4) is 0 Å². The summed E-state index contributed by atoms with van der Waals surface area (Å²) in [7, 11) is 0. The zero-order chi connectivity index (χ0) is 18.3. The van der Waals surface area contributed by atoms with Gasteiger partial charge in [-0.05, 0) is 51.8 Å². The Hall–Kier alpha value is -2.76. The van der Waals surface area contributed by atoms with Gasteiger partial charge in [0.15, 0.2) is 0 Å². The second-order valence-electron chi connectivity index (χ2n) is 7.79. The number of ether oxygens (including phenoxy) is 1. The van der Waals surface area contributed by atoms with Gasteiger partial charge in [-0.3, -0.25) is 4.90 Å². The number of carbonyl (C=O) groups excluding carboxylic acids is 1. The van der Waals surface area contributed by atoms with Gasteiger partial charge in [0.25, 0.3) is 0 Å². The summed E-state index contributed by atoms with van der Waals surface area (Å²) >= 11 is 0. The average Bonchev–Trinajstić information content (AvgIpc) is 3.31. The first kappa shape index (κ1) is 16.7. The lowest BCUT2D eigenvalue weighted by atomic mass is 10.1. The lowest BCUT2D eigenvalue weighted by Gasteiger charge is -2.27. The number of rotatable bonds is 2. The number of carbonyl (C=O) groups is 1. The van der Waals surface area contributed by atoms with E-state index in [2.05, 4.69) is 39.2 Å². The molecule has 2 aromatic heterocycles. The Morgan fingerprint density at radius 3 is 2.96 bits per heavy atom. The molecule has 1 atom stereocenters. The van der Waals surface area contributed by atoms with E-state index < -0.39 is 5.60 Å². The van der Waals surface area contributed by atoms with Gasteiger partial charge in [-0.25, -0.2) is 9.78 Å². The third-order valence-corrected chi connectivity index (χ3v) is 4.66. The Morgan fingerprint density at radius 2 is 2.15 bits per heavy atom. The Morgan fingerprint density at radius 1 is 1.31 bits per heavy atom. The minimum atomic E-state index is -0.496. The number of hydrogen-bond acceptors (Lipinski definition) is 3. The molecule has 6 heteroatoms. The molecule has 1 aromatic carbocycles. The van der Waals surface area contributed by atoms with Gasteiger partial charge in [0.1, 0.15) is 11.4 Å². The fourth-order valence-electron chi connectivity index (χ4n) is 3.46. The summed E-state index contributed by atoms with van der Waals surface area (Å²) in [6.07, 6.45) is 5.35. The topological polar surface area (TPSA) is 74.0 Å². The number of fused-ring (bicyclic) bond motifs is 1. The molecule has 6 nitrogen and oxygen atoms in total. The first-order chi connectivity index (χ1) is 12.4. The van der Waals surface area contributed by atoms with Gasteiger partial charge in [-0.1, -0.05) is 6.07 Å². The SMILES string of the molecule is CC(C)(C)OC(=O)N1CCCC1c1ncc(-c2ccc3[nH]ccc3c2)[nH]1. The van der Waals surface area contributed by atoms with Crippen LogP contribution < -0.4 is 0 Å². The fraction of sp³-hybridized carbons (Fsp3) is 0.400. The number of imidazole rings is 1. The van der Waals surface area contributed by atoms with Gasteiger partial charge in [0, 0.05) is 29.2 Å². The van der Waals surface area contributed by atoms with Crippen LogP contribution in [0.4, 0.5) is 4.79 Å². The molecule has 1 amide bonds. The molecule has 3 aromatic rings. The number of benzene rings is 1. The van der Waals surface area contributed by atoms with Gasteiger partial charge in [0.2, 0.25) is 0 Å². The molecule has 1 saturated heterocycles. The molecule has 1 aliphatic rings. The van der Waals surface area contributed by atoms with Gasteiger partial charge < -0.3 is 14.7 Å². The lowest BCUT2D eigenvalue weighted by Crippen LogP contribution is -2.36. The number of aromatic nitrogens is 3. The van der Waals surface area contributed by atoms with Crippen molar-refractivity contribution in [3.63, 3.8) is 0 Å². The van der Waals surface area contributed by atoms with Crippen molar-refractivity contribution in [1.82, 2.24) is 19.9 Å². The monoisotopic (exact) mass is 352 g/mol. The molecule has 0 radical (unpaired) electrons. The van der Waals surface area contributed by atoms with E-state index in [4.69, 9.17) is 4.74 Å². The van der Waals surface area contributed by atoms with Crippen molar-refractivity contribution >= 4 is 17.0 Å². The highest BCUT2D eigenvalue weighted by Gasteiger charge is 2.34. The van der Waals surface area contributed by atoms with Crippen LogP contribution in [0.15, 0.2) is 36.7 Å². The third kappa shape index (κ3) is 3.19. The molecule has 2 N–H and O–H groups in total. The zero-order valence-corrected chi connectivity index (χ0v) is 15.4. The average molecular weight is 352 g/mol. The van der Waals surface area contributed by atoms with Crippen molar-refractivity contribution in [1.29, 1.82) is 0 Å². The minimum Gasteiger partial charge on any atom is -0.444 e. The maximum Gasteiger partial charge on any atom is 0.410 e. The van der Waals surface area contributed by atoms with E-state index in [1.807, 2.05) is 33.2 Å². The number of hydrogen-bond donors (Lipinski definition) is 2. The van der Waals surface area contributed by atoms with Crippen molar-refractivity contribution in [3.05, 3.63) is 42.5 Å². The lowest BCUT2D eigenvalue weighted by molar-refractivity contribution is 0.0219. The molecule has 0 spiro atoms. The molecular formula is C20H24N4O2. The Labute approximate surface area is 152 Å². The third-order valence-electron chi connectivity index (χ3n) is 4.66. The van der Waals surface area contributed by atoms with E-state index in [-0.39, 0.29) is 12.1 Å². The van der Waals surface area contributed by atoms with E-state index in [1.54, 1.807) is 4.90 Å². The van der Waals surface area contributed by atoms with Gasteiger partial charge in [0.05, 0.1) is 17.9 Å². The minimum absolute atomic E-state index is 0.0606. The summed E-state index contributed by atoms with van der Waals surface area (Å²) in [5.41, 5.74) is 2.65. The molecule has 136 valence electrons. The van der Waals surface area contributed by atoms with Crippen LogP contribution in [0, 0.1) is 0 Å². The summed E-state index contributed by atoms with van der Waals surface area (Å²) in [5, 5.41) is 1.16. The van der Waals surface area contributed by atoms with E-state index in [0.29, 0.717) is 6.54 Å². The van der Waals surface area contributed by atoms with Crippen LogP contribution in [0.1, 0.15) is 45.5 Å². The first-order valence-electron chi connectivity index (χ1n) is 9.03. The van der Waals surface area contributed by atoms with Gasteiger partial charge in [-0.15, -0.1) is 0 Å². The summed E-state index contributed by atoms with van der Waals surface area (Å²) < 4.78 is 5.55. The molecule has 0 bridgehead atoms. The number of nitrogens with zero attached hydrogens (tertiary/aromatic N) is 2. The molecule has 0 saturated carbocycles. The van der Waals surface area contributed by atoms with Crippen molar-refractivity contribution in [2.75, 3.05) is 6.54 Å². The first-order valence-corrected chi connectivity index (χ1v) is 9.03. The fourth-order valence-corrected chi connectivity index (χ4v) is 3.46. The van der Waals surface area contributed by atoms with E-state index in [1.165, 1.54) is 0 Å². The standard InChI is InChI=1S/C20H24N4O2/c1-20(2,3)26-19(25)24-10-4-5-17(24)18-22-12-16(23-18)13-6-7-15-14(11-13)8-9-21-15/h6-9,11-12,17,21H,4-5,10H2,1-3H3,(H,22,23). The second kappa shape index (κ2) is 6.20. The summed E-state index contributed by atoms with van der Waals surface area (Å²) in [5.74, 6) is 0.817. The normalized spacial score (nSPS) is 17.8. The Bertz CT molecular complexity index is 935.